The van der Waals surface area contributed by atoms with E-state index in [9.17, 15) is 12.8 Å². The molecule has 1 unspecified atom stereocenters. The highest BCUT2D eigenvalue weighted by atomic mass is 32.2. The lowest BCUT2D eigenvalue weighted by atomic mass is 9.97. The zero-order valence-corrected chi connectivity index (χ0v) is 15.0. The Labute approximate surface area is 142 Å². The number of sulfonamides is 1. The summed E-state index contributed by atoms with van der Waals surface area (Å²) in [6, 6.07) is 10.5. The molecule has 0 saturated carbocycles. The second kappa shape index (κ2) is 7.32. The van der Waals surface area contributed by atoms with Gasteiger partial charge in [0, 0.05) is 6.04 Å². The molecule has 130 valence electrons. The van der Waals surface area contributed by atoms with Crippen molar-refractivity contribution in [3.8, 4) is 5.75 Å². The van der Waals surface area contributed by atoms with E-state index in [1.807, 2.05) is 26.0 Å². The van der Waals surface area contributed by atoms with Gasteiger partial charge < -0.3 is 4.74 Å². The molecular weight excluding hydrogens is 329 g/mol. The molecule has 4 nitrogen and oxygen atoms in total. The summed E-state index contributed by atoms with van der Waals surface area (Å²) >= 11 is 0. The van der Waals surface area contributed by atoms with E-state index in [4.69, 9.17) is 4.74 Å². The summed E-state index contributed by atoms with van der Waals surface area (Å²) in [6.07, 6.45) is 0. The van der Waals surface area contributed by atoms with Gasteiger partial charge in [-0.1, -0.05) is 26.0 Å². The van der Waals surface area contributed by atoms with Crippen LogP contribution >= 0.6 is 0 Å². The molecule has 0 heterocycles. The number of nitrogens with one attached hydrogen (secondary N) is 1. The molecule has 24 heavy (non-hydrogen) atoms. The molecule has 0 aliphatic carbocycles. The van der Waals surface area contributed by atoms with Gasteiger partial charge in [0.1, 0.15) is 11.6 Å². The third kappa shape index (κ3) is 4.13. The van der Waals surface area contributed by atoms with Gasteiger partial charge in [-0.15, -0.1) is 0 Å². The third-order valence-electron chi connectivity index (χ3n) is 3.85. The maximum absolute atomic E-state index is 13.2. The zero-order chi connectivity index (χ0) is 17.9. The van der Waals surface area contributed by atoms with Crippen LogP contribution in [0.5, 0.6) is 5.75 Å². The van der Waals surface area contributed by atoms with E-state index in [0.29, 0.717) is 11.3 Å². The van der Waals surface area contributed by atoms with Crippen LogP contribution in [0.15, 0.2) is 47.4 Å². The molecule has 0 amide bonds. The van der Waals surface area contributed by atoms with Crippen LogP contribution in [-0.4, -0.2) is 15.5 Å². The van der Waals surface area contributed by atoms with E-state index in [1.165, 1.54) is 12.1 Å². The van der Waals surface area contributed by atoms with Crippen molar-refractivity contribution in [2.45, 2.75) is 31.7 Å². The molecular formula is C18H22FNO3S. The Bertz CT molecular complexity index is 802. The normalized spacial score (nSPS) is 13.1. The summed E-state index contributed by atoms with van der Waals surface area (Å²) in [5.74, 6) is 0.287. The average molecular weight is 351 g/mol. The van der Waals surface area contributed by atoms with Gasteiger partial charge in [0.25, 0.3) is 0 Å². The molecule has 0 aromatic heterocycles. The Kier molecular flexibility index (Phi) is 5.62. The lowest BCUT2D eigenvalue weighted by Gasteiger charge is -2.23. The quantitative estimate of drug-likeness (QED) is 0.861. The predicted molar refractivity (Wildman–Crippen MR) is 92.0 cm³/mol. The van der Waals surface area contributed by atoms with Crippen molar-refractivity contribution in [2.24, 2.45) is 5.92 Å². The van der Waals surface area contributed by atoms with E-state index in [0.717, 1.165) is 11.6 Å². The molecule has 1 atom stereocenters. The maximum atomic E-state index is 13.2. The van der Waals surface area contributed by atoms with Crippen LogP contribution < -0.4 is 9.46 Å². The topological polar surface area (TPSA) is 55.4 Å². The minimum Gasteiger partial charge on any atom is -0.497 e. The molecule has 0 radical (unpaired) electrons. The number of methoxy groups -OCH3 is 1. The highest BCUT2D eigenvalue weighted by molar-refractivity contribution is 7.89. The lowest BCUT2D eigenvalue weighted by Crippen LogP contribution is -2.32. The molecule has 2 aromatic rings. The Hall–Kier alpha value is -1.92. The lowest BCUT2D eigenvalue weighted by molar-refractivity contribution is 0.413. The van der Waals surface area contributed by atoms with Gasteiger partial charge in [0.15, 0.2) is 0 Å². The van der Waals surface area contributed by atoms with Crippen molar-refractivity contribution in [3.63, 3.8) is 0 Å². The highest BCUT2D eigenvalue weighted by Crippen LogP contribution is 2.27. The van der Waals surface area contributed by atoms with Crippen LogP contribution in [0.3, 0.4) is 0 Å². The Morgan fingerprint density at radius 1 is 1.08 bits per heavy atom. The SMILES string of the molecule is COc1ccc(C(NS(=O)(=O)c2ccc(F)cc2C)C(C)C)cc1. The van der Waals surface area contributed by atoms with E-state index in [1.54, 1.807) is 26.2 Å². The first kappa shape index (κ1) is 18.4. The molecule has 0 spiro atoms. The van der Waals surface area contributed by atoms with Crippen LogP contribution in [0.4, 0.5) is 4.39 Å². The first-order valence-electron chi connectivity index (χ1n) is 7.67. The summed E-state index contributed by atoms with van der Waals surface area (Å²) in [6.45, 7) is 5.46. The summed E-state index contributed by atoms with van der Waals surface area (Å²) in [7, 11) is -2.19. The van der Waals surface area contributed by atoms with Gasteiger partial charge in [-0.3, -0.25) is 0 Å². The molecule has 0 aliphatic rings. The molecule has 2 rings (SSSR count). The fourth-order valence-corrected chi connectivity index (χ4v) is 4.14. The van der Waals surface area contributed by atoms with Gasteiger partial charge in [0.2, 0.25) is 10.0 Å². The first-order valence-corrected chi connectivity index (χ1v) is 9.15. The fraction of sp³-hybridized carbons (Fsp3) is 0.333. The number of hydrogen-bond acceptors (Lipinski definition) is 3. The van der Waals surface area contributed by atoms with Crippen LogP contribution in [0.1, 0.15) is 31.0 Å². The van der Waals surface area contributed by atoms with Gasteiger partial charge in [-0.05, 0) is 54.3 Å². The van der Waals surface area contributed by atoms with Gasteiger partial charge in [-0.2, -0.15) is 0 Å². The molecule has 0 fully saturated rings. The third-order valence-corrected chi connectivity index (χ3v) is 5.45. The molecule has 0 aliphatic heterocycles. The predicted octanol–water partition coefficient (Wildman–Crippen LogP) is 3.82. The van der Waals surface area contributed by atoms with Crippen molar-refractivity contribution in [3.05, 3.63) is 59.4 Å². The molecule has 1 N–H and O–H groups in total. The summed E-state index contributed by atoms with van der Waals surface area (Å²) in [4.78, 5) is 0.0862. The molecule has 0 saturated heterocycles. The van der Waals surface area contributed by atoms with Crippen LogP contribution in [0.2, 0.25) is 0 Å². The first-order chi connectivity index (χ1) is 11.2. The maximum Gasteiger partial charge on any atom is 0.241 e. The number of rotatable bonds is 6. The zero-order valence-electron chi connectivity index (χ0n) is 14.2. The second-order valence-electron chi connectivity index (χ2n) is 6.03. The highest BCUT2D eigenvalue weighted by Gasteiger charge is 2.25. The Balaban J connectivity index is 2.35. The van der Waals surface area contributed by atoms with Crippen molar-refractivity contribution in [1.29, 1.82) is 0 Å². The van der Waals surface area contributed by atoms with Gasteiger partial charge in [-0.25, -0.2) is 17.5 Å². The number of halogens is 1. The summed E-state index contributed by atoms with van der Waals surface area (Å²) in [5.41, 5.74) is 1.22. The van der Waals surface area contributed by atoms with Crippen molar-refractivity contribution >= 4 is 10.0 Å². The Morgan fingerprint density at radius 2 is 1.71 bits per heavy atom. The number of ether oxygens (including phenoxy) is 1. The molecule has 6 heteroatoms. The number of benzene rings is 2. The second-order valence-corrected chi connectivity index (χ2v) is 7.71. The smallest absolute Gasteiger partial charge is 0.241 e. The number of hydrogen-bond donors (Lipinski definition) is 1. The minimum absolute atomic E-state index is 0.0360. The molecule has 0 bridgehead atoms. The Morgan fingerprint density at radius 3 is 2.21 bits per heavy atom. The summed E-state index contributed by atoms with van der Waals surface area (Å²) < 4.78 is 46.5. The van der Waals surface area contributed by atoms with Gasteiger partial charge in [0.05, 0.1) is 12.0 Å². The van der Waals surface area contributed by atoms with Crippen LogP contribution in [0, 0.1) is 18.7 Å². The van der Waals surface area contributed by atoms with Crippen LogP contribution in [-0.2, 0) is 10.0 Å². The monoisotopic (exact) mass is 351 g/mol. The van der Waals surface area contributed by atoms with Crippen molar-refractivity contribution < 1.29 is 17.5 Å². The van der Waals surface area contributed by atoms with Crippen molar-refractivity contribution in [1.82, 2.24) is 4.72 Å². The minimum atomic E-state index is -3.76. The molecule has 2 aromatic carbocycles. The van der Waals surface area contributed by atoms with E-state index < -0.39 is 21.9 Å². The van der Waals surface area contributed by atoms with E-state index >= 15 is 0 Å². The largest absolute Gasteiger partial charge is 0.497 e. The number of aryl methyl sites for hydroxylation is 1. The van der Waals surface area contributed by atoms with E-state index in [-0.39, 0.29) is 10.8 Å². The van der Waals surface area contributed by atoms with E-state index in [2.05, 4.69) is 4.72 Å². The summed E-state index contributed by atoms with van der Waals surface area (Å²) in [5, 5.41) is 0. The fourth-order valence-electron chi connectivity index (χ4n) is 2.55. The van der Waals surface area contributed by atoms with Crippen LogP contribution in [0.25, 0.3) is 0 Å². The van der Waals surface area contributed by atoms with Crippen molar-refractivity contribution in [2.75, 3.05) is 7.11 Å². The average Bonchev–Trinajstić information content (AvgIpc) is 2.52. The standard InChI is InChI=1S/C18H22FNO3S/c1-12(2)18(14-5-8-16(23-4)9-6-14)20-24(21,22)17-10-7-15(19)11-13(17)3/h5-12,18,20H,1-4H3. The van der Waals surface area contributed by atoms with Gasteiger partial charge >= 0.3 is 0 Å².